The summed E-state index contributed by atoms with van der Waals surface area (Å²) in [4.78, 5) is 34.5. The van der Waals surface area contributed by atoms with Gasteiger partial charge in [0.2, 0.25) is 0 Å². The zero-order valence-corrected chi connectivity index (χ0v) is 13.4. The molecule has 6 nitrogen and oxygen atoms in total. The number of nitrogens with two attached hydrogens (primary N) is 1. The van der Waals surface area contributed by atoms with Crippen LogP contribution in [0.2, 0.25) is 0 Å². The van der Waals surface area contributed by atoms with Crippen LogP contribution in [-0.4, -0.2) is 24.4 Å². The highest BCUT2D eigenvalue weighted by Gasteiger charge is 2.14. The number of anilines is 1. The van der Waals surface area contributed by atoms with Gasteiger partial charge in [0.25, 0.3) is 11.8 Å². The first-order valence-electron chi connectivity index (χ1n) is 7.03. The second-order valence-electron chi connectivity index (χ2n) is 4.86. The summed E-state index contributed by atoms with van der Waals surface area (Å²) < 4.78 is 17.6. The normalized spacial score (nSPS) is 10.2. The number of halogens is 1. The maximum absolute atomic E-state index is 12.8. The first kappa shape index (κ1) is 17.6. The molecular weight excluding hydrogens is 335 g/mol. The molecule has 0 saturated heterocycles. The van der Waals surface area contributed by atoms with Crippen molar-refractivity contribution in [3.63, 3.8) is 0 Å². The second-order valence-corrected chi connectivity index (χ2v) is 5.78. The quantitative estimate of drug-likeness (QED) is 0.747. The summed E-state index contributed by atoms with van der Waals surface area (Å²) in [7, 11) is 0. The minimum atomic E-state index is -0.650. The van der Waals surface area contributed by atoms with Gasteiger partial charge in [-0.15, -0.1) is 11.3 Å². The van der Waals surface area contributed by atoms with Crippen molar-refractivity contribution < 1.29 is 23.5 Å². The van der Waals surface area contributed by atoms with E-state index in [9.17, 15) is 18.8 Å². The van der Waals surface area contributed by atoms with Crippen molar-refractivity contribution in [3.8, 4) is 0 Å². The van der Waals surface area contributed by atoms with Crippen molar-refractivity contribution >= 4 is 34.1 Å². The standard InChI is InChI=1S/C16H15FN2O4S/c17-11-4-1-10(2-5-11)3-6-14(21)23-9-13(20)19-16-12(15(18)22)7-8-24-16/h1-2,4-5,7-8H,3,6,9H2,(H2,18,22)(H,19,20). The van der Waals surface area contributed by atoms with Gasteiger partial charge in [0.1, 0.15) is 10.8 Å². The van der Waals surface area contributed by atoms with Gasteiger partial charge in [-0.1, -0.05) is 12.1 Å². The number of esters is 1. The largest absolute Gasteiger partial charge is 0.456 e. The number of primary amides is 1. The molecular formula is C16H15FN2O4S. The van der Waals surface area contributed by atoms with Crippen LogP contribution < -0.4 is 11.1 Å². The zero-order chi connectivity index (χ0) is 17.5. The van der Waals surface area contributed by atoms with Crippen molar-refractivity contribution in [1.29, 1.82) is 0 Å². The Hall–Kier alpha value is -2.74. The van der Waals surface area contributed by atoms with Crippen LogP contribution >= 0.6 is 11.3 Å². The number of amides is 2. The molecule has 1 heterocycles. The topological polar surface area (TPSA) is 98.5 Å². The van der Waals surface area contributed by atoms with Crippen LogP contribution in [0.1, 0.15) is 22.3 Å². The molecule has 1 aromatic heterocycles. The molecule has 1 aromatic carbocycles. The lowest BCUT2D eigenvalue weighted by molar-refractivity contribution is -0.147. The van der Waals surface area contributed by atoms with Crippen LogP contribution in [0.25, 0.3) is 0 Å². The van der Waals surface area contributed by atoms with Crippen LogP contribution in [0.5, 0.6) is 0 Å². The molecule has 0 spiro atoms. The highest BCUT2D eigenvalue weighted by molar-refractivity contribution is 7.14. The first-order chi connectivity index (χ1) is 11.5. The molecule has 0 atom stereocenters. The molecule has 2 aromatic rings. The number of aryl methyl sites for hydroxylation is 1. The van der Waals surface area contributed by atoms with E-state index in [1.165, 1.54) is 18.2 Å². The Kier molecular flexibility index (Phi) is 6.02. The van der Waals surface area contributed by atoms with Gasteiger partial charge in [0.15, 0.2) is 6.61 Å². The van der Waals surface area contributed by atoms with E-state index < -0.39 is 24.4 Å². The Balaban J connectivity index is 1.75. The number of thiophene rings is 1. The average molecular weight is 350 g/mol. The van der Waals surface area contributed by atoms with Crippen molar-refractivity contribution in [2.75, 3.05) is 11.9 Å². The van der Waals surface area contributed by atoms with Crippen LogP contribution in [-0.2, 0) is 20.7 Å². The summed E-state index contributed by atoms with van der Waals surface area (Å²) in [6.45, 7) is -0.460. The van der Waals surface area contributed by atoms with Gasteiger partial charge in [0.05, 0.1) is 5.56 Å². The molecule has 0 aliphatic rings. The van der Waals surface area contributed by atoms with Gasteiger partial charge in [-0.3, -0.25) is 14.4 Å². The third-order valence-corrected chi connectivity index (χ3v) is 3.91. The molecule has 0 aliphatic heterocycles. The molecule has 8 heteroatoms. The number of nitrogens with one attached hydrogen (secondary N) is 1. The lowest BCUT2D eigenvalue weighted by Gasteiger charge is -2.06. The summed E-state index contributed by atoms with van der Waals surface area (Å²) in [6, 6.07) is 7.28. The number of hydrogen-bond acceptors (Lipinski definition) is 5. The smallest absolute Gasteiger partial charge is 0.306 e. The maximum Gasteiger partial charge on any atom is 0.306 e. The van der Waals surface area contributed by atoms with Gasteiger partial charge < -0.3 is 15.8 Å². The molecule has 126 valence electrons. The third kappa shape index (κ3) is 5.17. The summed E-state index contributed by atoms with van der Waals surface area (Å²) in [5.41, 5.74) is 6.17. The summed E-state index contributed by atoms with van der Waals surface area (Å²) in [6.07, 6.45) is 0.460. The van der Waals surface area contributed by atoms with Gasteiger partial charge in [-0.05, 0) is 35.6 Å². The zero-order valence-electron chi connectivity index (χ0n) is 12.6. The summed E-state index contributed by atoms with van der Waals surface area (Å²) in [5.74, 6) is -2.10. The lowest BCUT2D eigenvalue weighted by Crippen LogP contribution is -2.22. The maximum atomic E-state index is 12.8. The Morgan fingerprint density at radius 2 is 1.88 bits per heavy atom. The molecule has 0 unspecified atom stereocenters. The molecule has 0 bridgehead atoms. The Morgan fingerprint density at radius 1 is 1.17 bits per heavy atom. The molecule has 3 N–H and O–H groups in total. The van der Waals surface area contributed by atoms with E-state index in [-0.39, 0.29) is 17.8 Å². The van der Waals surface area contributed by atoms with Crippen LogP contribution in [0, 0.1) is 5.82 Å². The first-order valence-corrected chi connectivity index (χ1v) is 7.91. The predicted octanol–water partition coefficient (Wildman–Crippen LogP) is 2.10. The monoisotopic (exact) mass is 350 g/mol. The molecule has 0 radical (unpaired) electrons. The number of hydrogen-bond donors (Lipinski definition) is 2. The van der Waals surface area contributed by atoms with Crippen LogP contribution in [0.15, 0.2) is 35.7 Å². The van der Waals surface area contributed by atoms with E-state index in [4.69, 9.17) is 10.5 Å². The molecule has 0 aliphatic carbocycles. The minimum absolute atomic E-state index is 0.0739. The van der Waals surface area contributed by atoms with E-state index in [1.807, 2.05) is 0 Å². The highest BCUT2D eigenvalue weighted by atomic mass is 32.1. The average Bonchev–Trinajstić information content (AvgIpc) is 3.00. The van der Waals surface area contributed by atoms with Crippen molar-refractivity contribution in [2.24, 2.45) is 5.73 Å². The van der Waals surface area contributed by atoms with Gasteiger partial charge in [-0.2, -0.15) is 0 Å². The fraction of sp³-hybridized carbons (Fsp3) is 0.188. The second kappa shape index (κ2) is 8.21. The number of carbonyl (C=O) groups is 3. The van der Waals surface area contributed by atoms with E-state index in [2.05, 4.69) is 5.32 Å². The summed E-state index contributed by atoms with van der Waals surface area (Å²) in [5, 5.41) is 4.40. The number of carbonyl (C=O) groups excluding carboxylic acids is 3. The molecule has 2 amide bonds. The van der Waals surface area contributed by atoms with E-state index in [0.717, 1.165) is 16.9 Å². The van der Waals surface area contributed by atoms with Gasteiger partial charge >= 0.3 is 5.97 Å². The van der Waals surface area contributed by atoms with Crippen LogP contribution in [0.3, 0.4) is 0 Å². The lowest BCUT2D eigenvalue weighted by atomic mass is 10.1. The Morgan fingerprint density at radius 3 is 2.54 bits per heavy atom. The fourth-order valence-corrected chi connectivity index (χ4v) is 2.69. The van der Waals surface area contributed by atoms with Crippen molar-refractivity contribution in [2.45, 2.75) is 12.8 Å². The number of benzene rings is 1. The van der Waals surface area contributed by atoms with Crippen molar-refractivity contribution in [3.05, 3.63) is 52.7 Å². The fourth-order valence-electron chi connectivity index (χ4n) is 1.88. The third-order valence-electron chi connectivity index (χ3n) is 3.08. The SMILES string of the molecule is NC(=O)c1ccsc1NC(=O)COC(=O)CCc1ccc(F)cc1. The molecule has 0 fully saturated rings. The molecule has 2 rings (SSSR count). The van der Waals surface area contributed by atoms with E-state index in [1.54, 1.807) is 17.5 Å². The van der Waals surface area contributed by atoms with Crippen molar-refractivity contribution in [1.82, 2.24) is 0 Å². The minimum Gasteiger partial charge on any atom is -0.456 e. The Labute approximate surface area is 141 Å². The molecule has 0 saturated carbocycles. The highest BCUT2D eigenvalue weighted by Crippen LogP contribution is 2.22. The van der Waals surface area contributed by atoms with Gasteiger partial charge in [-0.25, -0.2) is 4.39 Å². The van der Waals surface area contributed by atoms with E-state index in [0.29, 0.717) is 11.4 Å². The summed E-state index contributed by atoms with van der Waals surface area (Å²) >= 11 is 1.15. The number of rotatable bonds is 7. The van der Waals surface area contributed by atoms with Gasteiger partial charge in [0, 0.05) is 6.42 Å². The van der Waals surface area contributed by atoms with Crippen LogP contribution in [0.4, 0.5) is 9.39 Å². The molecule has 24 heavy (non-hydrogen) atoms. The van der Waals surface area contributed by atoms with E-state index >= 15 is 0 Å². The predicted molar refractivity (Wildman–Crippen MR) is 87.1 cm³/mol. The number of ether oxygens (including phenoxy) is 1. The Bertz CT molecular complexity index is 743.